The van der Waals surface area contributed by atoms with Crippen LogP contribution in [0.2, 0.25) is 0 Å². The third kappa shape index (κ3) is 4.92. The molecular weight excluding hydrogens is 693 g/mol. The molecule has 57 heavy (non-hydrogen) atoms. The van der Waals surface area contributed by atoms with Gasteiger partial charge in [-0.15, -0.1) is 0 Å². The second kappa shape index (κ2) is 12.5. The Balaban J connectivity index is 1.01. The number of rotatable bonds is 5. The summed E-state index contributed by atoms with van der Waals surface area (Å²) in [6.45, 7) is 0. The lowest BCUT2D eigenvalue weighted by molar-refractivity contribution is 0.669. The molecule has 3 nitrogen and oxygen atoms in total. The zero-order valence-corrected chi connectivity index (χ0v) is 30.9. The number of benzene rings is 10. The first-order valence-electron chi connectivity index (χ1n) is 19.5. The highest BCUT2D eigenvalue weighted by atomic mass is 16.3. The van der Waals surface area contributed by atoms with Crippen LogP contribution in [0.5, 0.6) is 0 Å². The number of nitrogens with zero attached hydrogens (tertiary/aromatic N) is 2. The molecule has 0 amide bonds. The molecule has 0 atom stereocenters. The maximum absolute atomic E-state index is 6.87. The minimum Gasteiger partial charge on any atom is -0.454 e. The van der Waals surface area contributed by atoms with E-state index in [4.69, 9.17) is 4.42 Å². The molecule has 266 valence electrons. The Morgan fingerprint density at radius 2 is 1.04 bits per heavy atom. The number of hydrogen-bond acceptors (Lipinski definition) is 2. The van der Waals surface area contributed by atoms with Gasteiger partial charge in [-0.05, 0) is 116 Å². The third-order valence-corrected chi connectivity index (χ3v) is 11.7. The highest BCUT2D eigenvalue weighted by Gasteiger charge is 2.21. The summed E-state index contributed by atoms with van der Waals surface area (Å²) in [6, 6.07) is 74.4. The Morgan fingerprint density at radius 3 is 1.91 bits per heavy atom. The first-order valence-corrected chi connectivity index (χ1v) is 19.5. The van der Waals surface area contributed by atoms with E-state index in [1.807, 2.05) is 0 Å². The molecule has 0 fully saturated rings. The lowest BCUT2D eigenvalue weighted by atomic mass is 9.97. The normalized spacial score (nSPS) is 11.9. The monoisotopic (exact) mass is 726 g/mol. The van der Waals surface area contributed by atoms with Crippen molar-refractivity contribution < 1.29 is 4.42 Å². The van der Waals surface area contributed by atoms with Gasteiger partial charge in [0, 0.05) is 38.6 Å². The number of para-hydroxylation sites is 4. The van der Waals surface area contributed by atoms with Crippen molar-refractivity contribution in [3.8, 4) is 16.8 Å². The van der Waals surface area contributed by atoms with Crippen molar-refractivity contribution in [2.75, 3.05) is 4.90 Å². The van der Waals surface area contributed by atoms with Gasteiger partial charge >= 0.3 is 0 Å². The highest BCUT2D eigenvalue weighted by molar-refractivity contribution is 6.21. The summed E-state index contributed by atoms with van der Waals surface area (Å²) in [7, 11) is 0. The van der Waals surface area contributed by atoms with E-state index in [2.05, 4.69) is 216 Å². The second-order valence-corrected chi connectivity index (χ2v) is 14.9. The fourth-order valence-corrected chi connectivity index (χ4v) is 9.11. The van der Waals surface area contributed by atoms with Crippen molar-refractivity contribution in [3.63, 3.8) is 0 Å². The van der Waals surface area contributed by atoms with Gasteiger partial charge < -0.3 is 13.9 Å². The fraction of sp³-hybridized carbons (Fsp3) is 0. The van der Waals surface area contributed by atoms with Crippen LogP contribution in [0.4, 0.5) is 17.1 Å². The van der Waals surface area contributed by atoms with Crippen molar-refractivity contribution in [1.82, 2.24) is 4.57 Å². The van der Waals surface area contributed by atoms with Crippen LogP contribution in [0.15, 0.2) is 211 Å². The smallest absolute Gasteiger partial charge is 0.159 e. The highest BCUT2D eigenvalue weighted by Crippen LogP contribution is 2.45. The van der Waals surface area contributed by atoms with Crippen LogP contribution in [0.1, 0.15) is 0 Å². The summed E-state index contributed by atoms with van der Waals surface area (Å²) in [5.74, 6) is 0. The molecule has 0 radical (unpaired) electrons. The van der Waals surface area contributed by atoms with Crippen molar-refractivity contribution in [1.29, 1.82) is 0 Å². The Kier molecular flexibility index (Phi) is 6.93. The zero-order chi connectivity index (χ0) is 37.5. The van der Waals surface area contributed by atoms with Crippen LogP contribution < -0.4 is 4.90 Å². The van der Waals surface area contributed by atoms with Gasteiger partial charge in [-0.1, -0.05) is 133 Å². The summed E-state index contributed by atoms with van der Waals surface area (Å²) >= 11 is 0. The van der Waals surface area contributed by atoms with Gasteiger partial charge in [0.2, 0.25) is 0 Å². The molecule has 0 N–H and O–H groups in total. The number of anilines is 3. The van der Waals surface area contributed by atoms with Crippen molar-refractivity contribution in [2.24, 2.45) is 0 Å². The average molecular weight is 727 g/mol. The molecule has 10 aromatic carbocycles. The van der Waals surface area contributed by atoms with E-state index < -0.39 is 0 Å². The van der Waals surface area contributed by atoms with Gasteiger partial charge in [0.25, 0.3) is 0 Å². The van der Waals surface area contributed by atoms with Gasteiger partial charge in [-0.25, -0.2) is 0 Å². The number of fused-ring (bicyclic) bond motifs is 11. The van der Waals surface area contributed by atoms with Gasteiger partial charge in [-0.2, -0.15) is 0 Å². The molecule has 0 unspecified atom stereocenters. The zero-order valence-electron chi connectivity index (χ0n) is 30.9. The van der Waals surface area contributed by atoms with Gasteiger partial charge in [0.05, 0.1) is 16.7 Å². The Bertz CT molecular complexity index is 3520. The molecule has 3 heteroatoms. The van der Waals surface area contributed by atoms with E-state index >= 15 is 0 Å². The van der Waals surface area contributed by atoms with E-state index in [9.17, 15) is 0 Å². The maximum Gasteiger partial charge on any atom is 0.159 e. The van der Waals surface area contributed by atoms with E-state index in [1.54, 1.807) is 0 Å². The molecule has 2 heterocycles. The quantitative estimate of drug-likeness (QED) is 0.165. The van der Waals surface area contributed by atoms with Gasteiger partial charge in [0.1, 0.15) is 5.58 Å². The number of furan rings is 1. The topological polar surface area (TPSA) is 21.3 Å². The molecule has 12 rings (SSSR count). The predicted molar refractivity (Wildman–Crippen MR) is 241 cm³/mol. The molecular formula is C54H34N2O. The van der Waals surface area contributed by atoms with Crippen LogP contribution in [0.3, 0.4) is 0 Å². The molecule has 0 saturated heterocycles. The summed E-state index contributed by atoms with van der Waals surface area (Å²) in [4.78, 5) is 2.33. The van der Waals surface area contributed by atoms with Crippen LogP contribution in [0.25, 0.3) is 92.9 Å². The molecule has 0 aliphatic rings. The molecule has 0 aliphatic heterocycles. The summed E-state index contributed by atoms with van der Waals surface area (Å²) in [6.07, 6.45) is 0. The van der Waals surface area contributed by atoms with Crippen molar-refractivity contribution in [2.45, 2.75) is 0 Å². The van der Waals surface area contributed by atoms with E-state index in [-0.39, 0.29) is 0 Å². The Hall–Kier alpha value is -7.62. The largest absolute Gasteiger partial charge is 0.454 e. The van der Waals surface area contributed by atoms with Crippen LogP contribution in [0, 0.1) is 0 Å². The molecule has 0 saturated carbocycles. The van der Waals surface area contributed by atoms with Gasteiger partial charge in [0.15, 0.2) is 5.58 Å². The molecule has 0 aliphatic carbocycles. The standard InChI is InChI=1S/C54H34N2O/c1-3-13-40(14-4-1)55(42-28-24-36-23-22-35-12-7-8-17-43(35)47(36)34-42)51-21-11-19-46-53-44-29-25-37(32-39(44)27-31-52(53)57-54(46)51)38-26-30-50-48(33-38)45-18-9-10-20-49(45)56(50)41-15-5-2-6-16-41/h1-34H. The van der Waals surface area contributed by atoms with E-state index in [0.29, 0.717) is 0 Å². The van der Waals surface area contributed by atoms with Crippen molar-refractivity contribution in [3.05, 3.63) is 206 Å². The summed E-state index contributed by atoms with van der Waals surface area (Å²) in [5.41, 5.74) is 10.9. The van der Waals surface area contributed by atoms with E-state index in [0.717, 1.165) is 39.0 Å². The molecule has 0 spiro atoms. The second-order valence-electron chi connectivity index (χ2n) is 14.9. The SMILES string of the molecule is c1ccc(N(c2ccc3ccc4ccccc4c3c2)c2cccc3c2oc2ccc4cc(-c5ccc6c(c5)c5ccccc5n6-c5ccccc5)ccc4c23)cc1. The van der Waals surface area contributed by atoms with Crippen LogP contribution >= 0.6 is 0 Å². The summed E-state index contributed by atoms with van der Waals surface area (Å²) in [5, 5.41) is 12.0. The molecule has 12 aromatic rings. The fourth-order valence-electron chi connectivity index (χ4n) is 9.11. The molecule has 0 bridgehead atoms. The van der Waals surface area contributed by atoms with Gasteiger partial charge in [-0.3, -0.25) is 0 Å². The lowest BCUT2D eigenvalue weighted by Gasteiger charge is -2.26. The third-order valence-electron chi connectivity index (χ3n) is 11.7. The van der Waals surface area contributed by atoms with Crippen LogP contribution in [-0.2, 0) is 0 Å². The van der Waals surface area contributed by atoms with E-state index in [1.165, 1.54) is 70.9 Å². The average Bonchev–Trinajstić information content (AvgIpc) is 3.83. The Morgan fingerprint density at radius 1 is 0.368 bits per heavy atom. The van der Waals surface area contributed by atoms with Crippen molar-refractivity contribution >= 4 is 93.1 Å². The summed E-state index contributed by atoms with van der Waals surface area (Å²) < 4.78 is 9.24. The first-order chi connectivity index (χ1) is 28.3. The minimum absolute atomic E-state index is 0.867. The first kappa shape index (κ1) is 31.7. The van der Waals surface area contributed by atoms with Crippen LogP contribution in [-0.4, -0.2) is 4.57 Å². The number of hydrogen-bond donors (Lipinski definition) is 0. The number of aromatic nitrogens is 1. The minimum atomic E-state index is 0.867. The Labute approximate surface area is 328 Å². The maximum atomic E-state index is 6.87. The molecule has 2 aromatic heterocycles. The lowest BCUT2D eigenvalue weighted by Crippen LogP contribution is -2.10. The predicted octanol–water partition coefficient (Wildman–Crippen LogP) is 15.3.